The molecule has 1 aromatic rings. The molecule has 0 saturated heterocycles. The van der Waals surface area contributed by atoms with E-state index in [2.05, 4.69) is 6.58 Å². The molecule has 2 rings (SSSR count). The number of nitrogens with zero attached hydrogens (tertiary/aromatic N) is 1. The van der Waals surface area contributed by atoms with Gasteiger partial charge in [0.2, 0.25) is 10.0 Å². The molecule has 0 heterocycles. The molecule has 0 atom stereocenters. The monoisotopic (exact) mass is 279 g/mol. The SMILES string of the molecule is C=CCN(C1CCCCC1)S(=O)(=O)c1ccccc1. The molecule has 1 saturated carbocycles. The van der Waals surface area contributed by atoms with Crippen LogP contribution >= 0.6 is 0 Å². The van der Waals surface area contributed by atoms with Crippen LogP contribution in [0.25, 0.3) is 0 Å². The summed E-state index contributed by atoms with van der Waals surface area (Å²) in [5.74, 6) is 0. The zero-order chi connectivity index (χ0) is 13.7. The molecule has 1 fully saturated rings. The molecule has 0 N–H and O–H groups in total. The van der Waals surface area contributed by atoms with E-state index in [-0.39, 0.29) is 6.04 Å². The molecule has 0 spiro atoms. The maximum atomic E-state index is 12.7. The molecule has 1 aliphatic carbocycles. The van der Waals surface area contributed by atoms with Crippen LogP contribution in [0.15, 0.2) is 47.9 Å². The van der Waals surface area contributed by atoms with Gasteiger partial charge in [-0.1, -0.05) is 43.5 Å². The van der Waals surface area contributed by atoms with Crippen molar-refractivity contribution in [3.05, 3.63) is 43.0 Å². The van der Waals surface area contributed by atoms with E-state index < -0.39 is 10.0 Å². The molecule has 1 aliphatic rings. The first kappa shape index (κ1) is 14.3. The van der Waals surface area contributed by atoms with Crippen molar-refractivity contribution in [2.24, 2.45) is 0 Å². The van der Waals surface area contributed by atoms with Crippen LogP contribution in [0.1, 0.15) is 32.1 Å². The first-order chi connectivity index (χ1) is 9.16. The Morgan fingerprint density at radius 3 is 2.37 bits per heavy atom. The molecule has 4 heteroatoms. The van der Waals surface area contributed by atoms with Crippen molar-refractivity contribution in [2.75, 3.05) is 6.54 Å². The van der Waals surface area contributed by atoms with Gasteiger partial charge in [0.05, 0.1) is 4.90 Å². The van der Waals surface area contributed by atoms with E-state index in [4.69, 9.17) is 0 Å². The Kier molecular flexibility index (Phi) is 4.77. The van der Waals surface area contributed by atoms with E-state index in [0.717, 1.165) is 25.7 Å². The summed E-state index contributed by atoms with van der Waals surface area (Å²) >= 11 is 0. The van der Waals surface area contributed by atoms with Crippen molar-refractivity contribution in [2.45, 2.75) is 43.0 Å². The molecule has 19 heavy (non-hydrogen) atoms. The van der Waals surface area contributed by atoms with Crippen LogP contribution in [0.4, 0.5) is 0 Å². The summed E-state index contributed by atoms with van der Waals surface area (Å²) in [4.78, 5) is 0.377. The molecule has 0 radical (unpaired) electrons. The second kappa shape index (κ2) is 6.35. The average molecular weight is 279 g/mol. The van der Waals surface area contributed by atoms with Gasteiger partial charge in [-0.3, -0.25) is 0 Å². The molecular formula is C15H21NO2S. The zero-order valence-corrected chi connectivity index (χ0v) is 12.0. The highest BCUT2D eigenvalue weighted by atomic mass is 32.2. The lowest BCUT2D eigenvalue weighted by Crippen LogP contribution is -2.41. The Labute approximate surface area is 116 Å². The lowest BCUT2D eigenvalue weighted by Gasteiger charge is -2.32. The molecular weight excluding hydrogens is 258 g/mol. The third-order valence-electron chi connectivity index (χ3n) is 3.64. The fourth-order valence-corrected chi connectivity index (χ4v) is 4.34. The number of rotatable bonds is 5. The van der Waals surface area contributed by atoms with Crippen molar-refractivity contribution in [3.63, 3.8) is 0 Å². The van der Waals surface area contributed by atoms with Gasteiger partial charge in [-0.25, -0.2) is 8.42 Å². The summed E-state index contributed by atoms with van der Waals surface area (Å²) in [6.45, 7) is 4.09. The largest absolute Gasteiger partial charge is 0.243 e. The van der Waals surface area contributed by atoms with Gasteiger partial charge in [-0.15, -0.1) is 6.58 Å². The third-order valence-corrected chi connectivity index (χ3v) is 5.57. The molecule has 0 bridgehead atoms. The summed E-state index contributed by atoms with van der Waals surface area (Å²) in [5.41, 5.74) is 0. The van der Waals surface area contributed by atoms with Gasteiger partial charge in [-0.2, -0.15) is 4.31 Å². The highest BCUT2D eigenvalue weighted by Gasteiger charge is 2.31. The fourth-order valence-electron chi connectivity index (χ4n) is 2.67. The highest BCUT2D eigenvalue weighted by molar-refractivity contribution is 7.89. The Bertz CT molecular complexity index is 504. The van der Waals surface area contributed by atoms with Gasteiger partial charge >= 0.3 is 0 Å². The fraction of sp³-hybridized carbons (Fsp3) is 0.467. The van der Waals surface area contributed by atoms with Crippen LogP contribution in [0, 0.1) is 0 Å². The maximum absolute atomic E-state index is 12.7. The van der Waals surface area contributed by atoms with Crippen LogP contribution in [-0.2, 0) is 10.0 Å². The lowest BCUT2D eigenvalue weighted by atomic mass is 9.95. The molecule has 0 amide bonds. The quantitative estimate of drug-likeness (QED) is 0.776. The second-order valence-electron chi connectivity index (χ2n) is 4.97. The Balaban J connectivity index is 2.29. The van der Waals surface area contributed by atoms with Crippen LogP contribution in [0.5, 0.6) is 0 Å². The minimum Gasteiger partial charge on any atom is -0.207 e. The summed E-state index contributed by atoms with van der Waals surface area (Å²) in [6.07, 6.45) is 7.03. The molecule has 3 nitrogen and oxygen atoms in total. The number of hydrogen-bond donors (Lipinski definition) is 0. The number of benzene rings is 1. The Morgan fingerprint density at radius 1 is 1.16 bits per heavy atom. The molecule has 0 aromatic heterocycles. The summed E-state index contributed by atoms with van der Waals surface area (Å²) in [7, 11) is -3.40. The molecule has 0 unspecified atom stereocenters. The van der Waals surface area contributed by atoms with E-state index in [0.29, 0.717) is 11.4 Å². The maximum Gasteiger partial charge on any atom is 0.243 e. The predicted molar refractivity (Wildman–Crippen MR) is 77.4 cm³/mol. The average Bonchev–Trinajstić information content (AvgIpc) is 2.46. The van der Waals surface area contributed by atoms with Gasteiger partial charge < -0.3 is 0 Å². The van der Waals surface area contributed by atoms with Gasteiger partial charge in [0.15, 0.2) is 0 Å². The Morgan fingerprint density at radius 2 is 1.79 bits per heavy atom. The third kappa shape index (κ3) is 3.25. The van der Waals surface area contributed by atoms with Gasteiger partial charge in [0, 0.05) is 12.6 Å². The Hall–Kier alpha value is -1.13. The highest BCUT2D eigenvalue weighted by Crippen LogP contribution is 2.27. The van der Waals surface area contributed by atoms with Crippen molar-refractivity contribution in [1.29, 1.82) is 0 Å². The van der Waals surface area contributed by atoms with Crippen LogP contribution in [0.3, 0.4) is 0 Å². The predicted octanol–water partition coefficient (Wildman–Crippen LogP) is 3.20. The van der Waals surface area contributed by atoms with Crippen LogP contribution in [-0.4, -0.2) is 25.3 Å². The molecule has 0 aliphatic heterocycles. The smallest absolute Gasteiger partial charge is 0.207 e. The van der Waals surface area contributed by atoms with Crippen LogP contribution < -0.4 is 0 Å². The molecule has 1 aromatic carbocycles. The van der Waals surface area contributed by atoms with E-state index in [1.54, 1.807) is 34.6 Å². The van der Waals surface area contributed by atoms with Crippen molar-refractivity contribution in [1.82, 2.24) is 4.31 Å². The van der Waals surface area contributed by atoms with Gasteiger partial charge in [-0.05, 0) is 25.0 Å². The minimum atomic E-state index is -3.40. The standard InChI is InChI=1S/C15H21NO2S/c1-2-13-16(14-9-5-3-6-10-14)19(17,18)15-11-7-4-8-12-15/h2,4,7-8,11-12,14H,1,3,5-6,9-10,13H2. The van der Waals surface area contributed by atoms with Crippen LogP contribution in [0.2, 0.25) is 0 Å². The first-order valence-electron chi connectivity index (χ1n) is 6.84. The topological polar surface area (TPSA) is 37.4 Å². The minimum absolute atomic E-state index is 0.122. The van der Waals surface area contributed by atoms with E-state index >= 15 is 0 Å². The second-order valence-corrected chi connectivity index (χ2v) is 6.86. The van der Waals surface area contributed by atoms with Gasteiger partial charge in [0.1, 0.15) is 0 Å². The number of hydrogen-bond acceptors (Lipinski definition) is 2. The number of sulfonamides is 1. The van der Waals surface area contributed by atoms with E-state index in [1.165, 1.54) is 6.42 Å². The summed E-state index contributed by atoms with van der Waals surface area (Å²) in [5, 5.41) is 0. The van der Waals surface area contributed by atoms with Crippen molar-refractivity contribution in [3.8, 4) is 0 Å². The lowest BCUT2D eigenvalue weighted by molar-refractivity contribution is 0.269. The normalized spacial score (nSPS) is 17.5. The van der Waals surface area contributed by atoms with E-state index in [1.807, 2.05) is 6.07 Å². The van der Waals surface area contributed by atoms with Crippen molar-refractivity contribution < 1.29 is 8.42 Å². The van der Waals surface area contributed by atoms with E-state index in [9.17, 15) is 8.42 Å². The van der Waals surface area contributed by atoms with Crippen molar-refractivity contribution >= 4 is 10.0 Å². The van der Waals surface area contributed by atoms with Gasteiger partial charge in [0.25, 0.3) is 0 Å². The zero-order valence-electron chi connectivity index (χ0n) is 11.2. The summed E-state index contributed by atoms with van der Waals surface area (Å²) in [6, 6.07) is 8.80. The molecule has 104 valence electrons. The summed E-state index contributed by atoms with van der Waals surface area (Å²) < 4.78 is 27.0. The first-order valence-corrected chi connectivity index (χ1v) is 8.28.